The number of aromatic nitrogens is 2. The number of benzene rings is 2. The summed E-state index contributed by atoms with van der Waals surface area (Å²) in [5.41, 5.74) is 2.43. The minimum Gasteiger partial charge on any atom is -0.348 e. The van der Waals surface area contributed by atoms with E-state index >= 15 is 0 Å². The number of hydrogen-bond donors (Lipinski definition) is 1. The Bertz CT molecular complexity index is 757. The Morgan fingerprint density at radius 1 is 1.05 bits per heavy atom. The largest absolute Gasteiger partial charge is 0.348 e. The minimum absolute atomic E-state index is 0.591. The fraction of sp³-hybridized carbons (Fsp3) is 0.118. The van der Waals surface area contributed by atoms with Gasteiger partial charge in [-0.3, -0.25) is 0 Å². The summed E-state index contributed by atoms with van der Waals surface area (Å²) in [7, 11) is 0. The molecule has 0 bridgehead atoms. The monoisotopic (exact) mass is 348 g/mol. The van der Waals surface area contributed by atoms with Crippen molar-refractivity contribution >= 4 is 35.0 Å². The van der Waals surface area contributed by atoms with Crippen LogP contribution in [0.25, 0.3) is 0 Å². The highest BCUT2D eigenvalue weighted by Crippen LogP contribution is 2.30. The Hall–Kier alpha value is -1.42. The second kappa shape index (κ2) is 7.23. The summed E-state index contributed by atoms with van der Waals surface area (Å²) in [6, 6.07) is 14.2. The van der Waals surface area contributed by atoms with Gasteiger partial charge in [0.25, 0.3) is 0 Å². The van der Waals surface area contributed by atoms with Crippen molar-refractivity contribution in [1.29, 1.82) is 0 Å². The van der Waals surface area contributed by atoms with Gasteiger partial charge in [-0.1, -0.05) is 47.5 Å². The van der Waals surface area contributed by atoms with Crippen molar-refractivity contribution in [3.8, 4) is 0 Å². The molecule has 3 aromatic rings. The average molecular weight is 349 g/mol. The molecule has 0 aliphatic heterocycles. The second-order valence-electron chi connectivity index (χ2n) is 4.86. The van der Waals surface area contributed by atoms with Crippen molar-refractivity contribution in [3.63, 3.8) is 0 Å². The van der Waals surface area contributed by atoms with Crippen molar-refractivity contribution in [2.45, 2.75) is 17.1 Å². The molecular weight excluding hydrogens is 335 g/mol. The van der Waals surface area contributed by atoms with E-state index in [9.17, 15) is 0 Å². The molecule has 0 aliphatic rings. The van der Waals surface area contributed by atoms with E-state index in [1.807, 2.05) is 24.4 Å². The van der Waals surface area contributed by atoms with Crippen LogP contribution in [0.5, 0.6) is 0 Å². The lowest BCUT2D eigenvalue weighted by molar-refractivity contribution is 1.00. The number of thioether (sulfide) groups is 1. The Morgan fingerprint density at radius 2 is 1.91 bits per heavy atom. The van der Waals surface area contributed by atoms with E-state index in [4.69, 9.17) is 23.2 Å². The van der Waals surface area contributed by atoms with Crippen LogP contribution in [-0.4, -0.2) is 9.97 Å². The van der Waals surface area contributed by atoms with E-state index < -0.39 is 0 Å². The maximum absolute atomic E-state index is 6.07. The molecule has 0 fully saturated rings. The molecule has 0 unspecified atom stereocenters. The molecule has 3 rings (SSSR count). The highest BCUT2D eigenvalue weighted by atomic mass is 35.5. The second-order valence-corrected chi connectivity index (χ2v) is 6.69. The fourth-order valence-corrected chi connectivity index (χ4v) is 3.48. The first kappa shape index (κ1) is 15.5. The van der Waals surface area contributed by atoms with Crippen LogP contribution < -0.4 is 0 Å². The molecular formula is C17H14Cl2N2S. The van der Waals surface area contributed by atoms with E-state index in [0.717, 1.165) is 23.6 Å². The fourth-order valence-electron chi connectivity index (χ4n) is 2.16. The molecule has 1 heterocycles. The topological polar surface area (TPSA) is 28.7 Å². The van der Waals surface area contributed by atoms with Crippen LogP contribution in [0.3, 0.4) is 0 Å². The first-order chi connectivity index (χ1) is 10.7. The number of imidazole rings is 1. The predicted molar refractivity (Wildman–Crippen MR) is 93.9 cm³/mol. The van der Waals surface area contributed by atoms with Crippen LogP contribution in [-0.2, 0) is 12.2 Å². The molecule has 2 nitrogen and oxygen atoms in total. The summed E-state index contributed by atoms with van der Waals surface area (Å²) < 4.78 is 0. The Balaban J connectivity index is 1.73. The first-order valence-corrected chi connectivity index (χ1v) is 8.59. The third kappa shape index (κ3) is 3.86. The lowest BCUT2D eigenvalue weighted by Crippen LogP contribution is -1.93. The van der Waals surface area contributed by atoms with Crippen molar-refractivity contribution in [3.05, 3.63) is 81.9 Å². The maximum Gasteiger partial charge on any atom is 0.110 e. The van der Waals surface area contributed by atoms with Crippen molar-refractivity contribution in [2.24, 2.45) is 0 Å². The van der Waals surface area contributed by atoms with Gasteiger partial charge in [-0.25, -0.2) is 4.98 Å². The summed E-state index contributed by atoms with van der Waals surface area (Å²) in [5.74, 6) is 1.83. The number of nitrogens with zero attached hydrogens (tertiary/aromatic N) is 1. The number of nitrogens with one attached hydrogen (secondary N) is 1. The standard InChI is InChI=1S/C17H14Cl2N2S/c18-14-6-5-12(9-15(14)19)11-22-16-4-2-1-3-13(16)10-17-20-7-8-21-17/h1-9H,10-11H2,(H,20,21). The van der Waals surface area contributed by atoms with E-state index in [0.29, 0.717) is 10.0 Å². The van der Waals surface area contributed by atoms with Gasteiger partial charge in [-0.2, -0.15) is 0 Å². The van der Waals surface area contributed by atoms with Gasteiger partial charge in [0.05, 0.1) is 10.0 Å². The van der Waals surface area contributed by atoms with Crippen molar-refractivity contribution in [2.75, 3.05) is 0 Å². The molecule has 0 radical (unpaired) electrons. The molecule has 22 heavy (non-hydrogen) atoms. The Morgan fingerprint density at radius 3 is 2.68 bits per heavy atom. The van der Waals surface area contributed by atoms with Crippen LogP contribution in [0, 0.1) is 0 Å². The van der Waals surface area contributed by atoms with E-state index in [2.05, 4.69) is 34.2 Å². The molecule has 0 aliphatic carbocycles. The normalized spacial score (nSPS) is 10.8. The molecule has 0 amide bonds. The zero-order valence-electron chi connectivity index (χ0n) is 11.7. The van der Waals surface area contributed by atoms with Gasteiger partial charge in [0, 0.05) is 29.5 Å². The summed E-state index contributed by atoms with van der Waals surface area (Å²) in [6.07, 6.45) is 4.43. The minimum atomic E-state index is 0.591. The third-order valence-electron chi connectivity index (χ3n) is 3.26. The third-order valence-corrected chi connectivity index (χ3v) is 5.19. The van der Waals surface area contributed by atoms with Crippen molar-refractivity contribution in [1.82, 2.24) is 9.97 Å². The summed E-state index contributed by atoms with van der Waals surface area (Å²) in [4.78, 5) is 8.70. The molecule has 0 saturated carbocycles. The maximum atomic E-state index is 6.07. The zero-order valence-corrected chi connectivity index (χ0v) is 14.1. The van der Waals surface area contributed by atoms with E-state index in [-0.39, 0.29) is 0 Å². The van der Waals surface area contributed by atoms with Gasteiger partial charge < -0.3 is 4.98 Å². The smallest absolute Gasteiger partial charge is 0.110 e. The molecule has 112 valence electrons. The van der Waals surface area contributed by atoms with Crippen LogP contribution >= 0.6 is 35.0 Å². The molecule has 0 atom stereocenters. The molecule has 1 aromatic heterocycles. The van der Waals surface area contributed by atoms with Gasteiger partial charge in [-0.15, -0.1) is 11.8 Å². The van der Waals surface area contributed by atoms with Gasteiger partial charge in [0.15, 0.2) is 0 Å². The van der Waals surface area contributed by atoms with Gasteiger partial charge in [-0.05, 0) is 29.3 Å². The summed E-state index contributed by atoms with van der Waals surface area (Å²) in [5, 5.41) is 1.19. The Kier molecular flexibility index (Phi) is 5.08. The predicted octanol–water partition coefficient (Wildman–Crippen LogP) is 5.60. The highest BCUT2D eigenvalue weighted by Gasteiger charge is 2.06. The SMILES string of the molecule is Clc1ccc(CSc2ccccc2Cc2ncc[nH]2)cc1Cl. The molecule has 0 saturated heterocycles. The number of halogens is 2. The average Bonchev–Trinajstić information content (AvgIpc) is 3.03. The quantitative estimate of drug-likeness (QED) is 0.608. The lowest BCUT2D eigenvalue weighted by Gasteiger charge is -2.08. The van der Waals surface area contributed by atoms with Crippen molar-refractivity contribution < 1.29 is 0 Å². The van der Waals surface area contributed by atoms with E-state index in [1.54, 1.807) is 18.0 Å². The van der Waals surface area contributed by atoms with Gasteiger partial charge in [0.2, 0.25) is 0 Å². The molecule has 1 N–H and O–H groups in total. The number of hydrogen-bond acceptors (Lipinski definition) is 2. The van der Waals surface area contributed by atoms with Crippen LogP contribution in [0.1, 0.15) is 17.0 Å². The first-order valence-electron chi connectivity index (χ1n) is 6.85. The van der Waals surface area contributed by atoms with E-state index in [1.165, 1.54) is 10.5 Å². The van der Waals surface area contributed by atoms with Gasteiger partial charge >= 0.3 is 0 Å². The molecule has 5 heteroatoms. The molecule has 2 aromatic carbocycles. The number of aromatic amines is 1. The van der Waals surface area contributed by atoms with Crippen LogP contribution in [0.15, 0.2) is 59.8 Å². The Labute approximate surface area is 143 Å². The zero-order chi connectivity index (χ0) is 15.4. The highest BCUT2D eigenvalue weighted by molar-refractivity contribution is 7.98. The van der Waals surface area contributed by atoms with Crippen LogP contribution in [0.2, 0.25) is 10.0 Å². The van der Waals surface area contributed by atoms with Crippen LogP contribution in [0.4, 0.5) is 0 Å². The summed E-state index contributed by atoms with van der Waals surface area (Å²) >= 11 is 13.8. The molecule has 0 spiro atoms. The lowest BCUT2D eigenvalue weighted by atomic mass is 10.1. The summed E-state index contributed by atoms with van der Waals surface area (Å²) in [6.45, 7) is 0. The number of rotatable bonds is 5. The van der Waals surface area contributed by atoms with Gasteiger partial charge in [0.1, 0.15) is 5.82 Å². The number of H-pyrrole nitrogens is 1.